The van der Waals surface area contributed by atoms with Crippen molar-refractivity contribution in [2.75, 3.05) is 13.9 Å². The predicted molar refractivity (Wildman–Crippen MR) is 143 cm³/mol. The van der Waals surface area contributed by atoms with Crippen LogP contribution >= 0.6 is 0 Å². The number of aliphatic hydroxyl groups is 1. The molecule has 5 rings (SSSR count). The number of ether oxygens (including phenoxy) is 3. The summed E-state index contributed by atoms with van der Waals surface area (Å²) in [4.78, 5) is 28.5. The van der Waals surface area contributed by atoms with Gasteiger partial charge in [0.1, 0.15) is 11.5 Å². The zero-order valence-electron chi connectivity index (χ0n) is 22.2. The zero-order chi connectivity index (χ0) is 27.2. The Labute approximate surface area is 222 Å². The van der Waals surface area contributed by atoms with Gasteiger partial charge in [-0.2, -0.15) is 0 Å². The number of ketones is 1. The summed E-state index contributed by atoms with van der Waals surface area (Å²) in [5, 5.41) is 11.6. The number of hydrogen-bond donors (Lipinski definition) is 1. The molecule has 0 spiro atoms. The van der Waals surface area contributed by atoms with Crippen molar-refractivity contribution in [3.63, 3.8) is 0 Å². The SMILES string of the molecule is COc1ccc(C2/C(=C(\O)c3cc(C(C)(C)C)ccc3C)C(=O)C(=O)N2Cc2ccc3c(c2)OCO3)cc1. The standard InChI is InChI=1S/C31H31NO6/c1-18-6-10-21(31(2,3)4)15-23(18)28(33)26-27(20-8-11-22(36-5)12-9-20)32(30(35)29(26)34)16-19-7-13-24-25(14-19)38-17-37-24/h6-15,27,33H,16-17H2,1-5H3/b28-26+. The van der Waals surface area contributed by atoms with Crippen LogP contribution in [0.3, 0.4) is 0 Å². The molecule has 1 saturated heterocycles. The Morgan fingerprint density at radius 1 is 1.00 bits per heavy atom. The van der Waals surface area contributed by atoms with E-state index in [9.17, 15) is 14.7 Å². The van der Waals surface area contributed by atoms with E-state index in [1.165, 1.54) is 4.90 Å². The first-order valence-electron chi connectivity index (χ1n) is 12.5. The van der Waals surface area contributed by atoms with Crippen LogP contribution in [0.15, 0.2) is 66.2 Å². The number of aryl methyl sites for hydroxylation is 1. The Morgan fingerprint density at radius 3 is 2.39 bits per heavy atom. The number of carbonyl (C=O) groups is 2. The predicted octanol–water partition coefficient (Wildman–Crippen LogP) is 5.65. The minimum absolute atomic E-state index is 0.0649. The van der Waals surface area contributed by atoms with Gasteiger partial charge in [0.2, 0.25) is 6.79 Å². The first kappa shape index (κ1) is 25.4. The second kappa shape index (κ2) is 9.56. The highest BCUT2D eigenvalue weighted by Crippen LogP contribution is 2.42. The number of benzene rings is 3. The van der Waals surface area contributed by atoms with E-state index < -0.39 is 17.7 Å². The van der Waals surface area contributed by atoms with Crippen LogP contribution < -0.4 is 14.2 Å². The van der Waals surface area contributed by atoms with E-state index in [-0.39, 0.29) is 30.1 Å². The van der Waals surface area contributed by atoms with E-state index >= 15 is 0 Å². The van der Waals surface area contributed by atoms with E-state index in [2.05, 4.69) is 20.8 Å². The van der Waals surface area contributed by atoms with Crippen molar-refractivity contribution in [1.82, 2.24) is 4.90 Å². The summed E-state index contributed by atoms with van der Waals surface area (Å²) < 4.78 is 16.2. The molecule has 7 heteroatoms. The molecular weight excluding hydrogens is 482 g/mol. The van der Waals surface area contributed by atoms with Gasteiger partial charge in [-0.15, -0.1) is 0 Å². The molecule has 0 radical (unpaired) electrons. The lowest BCUT2D eigenvalue weighted by Gasteiger charge is -2.26. The maximum atomic E-state index is 13.5. The number of aliphatic hydroxyl groups excluding tert-OH is 1. The van der Waals surface area contributed by atoms with Crippen molar-refractivity contribution in [2.45, 2.75) is 45.7 Å². The molecule has 1 N–H and O–H groups in total. The average molecular weight is 514 g/mol. The van der Waals surface area contributed by atoms with Crippen LogP contribution in [0.2, 0.25) is 0 Å². The molecule has 2 aliphatic rings. The van der Waals surface area contributed by atoms with Crippen molar-refractivity contribution in [2.24, 2.45) is 0 Å². The van der Waals surface area contributed by atoms with Crippen molar-refractivity contribution in [1.29, 1.82) is 0 Å². The van der Waals surface area contributed by atoms with E-state index in [0.717, 1.165) is 16.7 Å². The number of carbonyl (C=O) groups excluding carboxylic acids is 2. The van der Waals surface area contributed by atoms with E-state index in [1.54, 1.807) is 25.3 Å². The van der Waals surface area contributed by atoms with Crippen LogP contribution in [0.25, 0.3) is 5.76 Å². The molecule has 1 atom stereocenters. The van der Waals surface area contributed by atoms with Crippen LogP contribution in [-0.4, -0.2) is 35.6 Å². The van der Waals surface area contributed by atoms with Gasteiger partial charge < -0.3 is 24.2 Å². The fourth-order valence-corrected chi connectivity index (χ4v) is 4.90. The fourth-order valence-electron chi connectivity index (χ4n) is 4.90. The van der Waals surface area contributed by atoms with Gasteiger partial charge in [0.15, 0.2) is 11.5 Å². The van der Waals surface area contributed by atoms with E-state index in [0.29, 0.717) is 28.4 Å². The fraction of sp³-hybridized carbons (Fsp3) is 0.290. The molecule has 0 aliphatic carbocycles. The summed E-state index contributed by atoms with van der Waals surface area (Å²) in [6.45, 7) is 8.43. The second-order valence-corrected chi connectivity index (χ2v) is 10.7. The topological polar surface area (TPSA) is 85.3 Å². The molecule has 1 amide bonds. The molecule has 2 aliphatic heterocycles. The summed E-state index contributed by atoms with van der Waals surface area (Å²) in [6.07, 6.45) is 0. The maximum absolute atomic E-state index is 13.5. The lowest BCUT2D eigenvalue weighted by molar-refractivity contribution is -0.140. The van der Waals surface area contributed by atoms with Crippen molar-refractivity contribution >= 4 is 17.4 Å². The van der Waals surface area contributed by atoms with Gasteiger partial charge in [-0.3, -0.25) is 9.59 Å². The van der Waals surface area contributed by atoms with Crippen molar-refractivity contribution < 1.29 is 28.9 Å². The normalized spacial score (nSPS) is 18.2. The Bertz CT molecular complexity index is 1450. The Balaban J connectivity index is 1.64. The molecule has 0 bridgehead atoms. The molecule has 1 unspecified atom stereocenters. The summed E-state index contributed by atoms with van der Waals surface area (Å²) in [7, 11) is 1.58. The third-order valence-corrected chi connectivity index (χ3v) is 7.12. The quantitative estimate of drug-likeness (QED) is 0.270. The average Bonchev–Trinajstić information content (AvgIpc) is 3.46. The monoisotopic (exact) mass is 513 g/mol. The largest absolute Gasteiger partial charge is 0.507 e. The summed E-state index contributed by atoms with van der Waals surface area (Å²) >= 11 is 0. The van der Waals surface area contributed by atoms with Gasteiger partial charge in [0.25, 0.3) is 11.7 Å². The summed E-state index contributed by atoms with van der Waals surface area (Å²) in [6, 6.07) is 17.7. The second-order valence-electron chi connectivity index (χ2n) is 10.7. The number of likely N-dealkylation sites (tertiary alicyclic amines) is 1. The van der Waals surface area contributed by atoms with Gasteiger partial charge >= 0.3 is 0 Å². The van der Waals surface area contributed by atoms with Gasteiger partial charge in [-0.1, -0.05) is 51.1 Å². The molecule has 3 aromatic carbocycles. The number of Topliss-reactive ketones (excluding diaryl/α,β-unsaturated/α-hetero) is 1. The van der Waals surface area contributed by atoms with Crippen molar-refractivity contribution in [3.8, 4) is 17.2 Å². The molecule has 7 nitrogen and oxygen atoms in total. The van der Waals surface area contributed by atoms with Gasteiger partial charge in [-0.25, -0.2) is 0 Å². The number of methoxy groups -OCH3 is 1. The van der Waals surface area contributed by atoms with Crippen molar-refractivity contribution in [3.05, 3.63) is 94.1 Å². The summed E-state index contributed by atoms with van der Waals surface area (Å²) in [5.74, 6) is 0.307. The molecule has 38 heavy (non-hydrogen) atoms. The highest BCUT2D eigenvalue weighted by atomic mass is 16.7. The molecule has 2 heterocycles. The van der Waals surface area contributed by atoms with Crippen LogP contribution in [0.5, 0.6) is 17.2 Å². The number of rotatable bonds is 5. The number of hydrogen-bond acceptors (Lipinski definition) is 6. The third kappa shape index (κ3) is 4.49. The van der Waals surface area contributed by atoms with Gasteiger partial charge in [0, 0.05) is 12.1 Å². The number of fused-ring (bicyclic) bond motifs is 1. The first-order chi connectivity index (χ1) is 18.1. The molecule has 0 aromatic heterocycles. The highest BCUT2D eigenvalue weighted by molar-refractivity contribution is 6.46. The lowest BCUT2D eigenvalue weighted by Crippen LogP contribution is -2.29. The van der Waals surface area contributed by atoms with Crippen LogP contribution in [0.1, 0.15) is 54.6 Å². The Hall–Kier alpha value is -4.26. The van der Waals surface area contributed by atoms with Gasteiger partial charge in [-0.05, 0) is 64.9 Å². The highest BCUT2D eigenvalue weighted by Gasteiger charge is 2.46. The summed E-state index contributed by atoms with van der Waals surface area (Å²) in [5.41, 5.74) is 3.74. The minimum Gasteiger partial charge on any atom is -0.507 e. The minimum atomic E-state index is -0.788. The van der Waals surface area contributed by atoms with E-state index in [1.807, 2.05) is 49.4 Å². The molecule has 196 valence electrons. The lowest BCUT2D eigenvalue weighted by atomic mass is 9.84. The van der Waals surface area contributed by atoms with Crippen LogP contribution in [-0.2, 0) is 21.5 Å². The van der Waals surface area contributed by atoms with E-state index in [4.69, 9.17) is 14.2 Å². The number of nitrogens with zero attached hydrogens (tertiary/aromatic N) is 1. The smallest absolute Gasteiger partial charge is 0.295 e. The molecule has 1 fully saturated rings. The Kier molecular flexibility index (Phi) is 6.39. The van der Waals surface area contributed by atoms with Gasteiger partial charge in [0.05, 0.1) is 18.7 Å². The third-order valence-electron chi connectivity index (χ3n) is 7.12. The van der Waals surface area contributed by atoms with Crippen LogP contribution in [0, 0.1) is 6.92 Å². The molecular formula is C31H31NO6. The van der Waals surface area contributed by atoms with Crippen LogP contribution in [0.4, 0.5) is 0 Å². The Morgan fingerprint density at radius 2 is 1.71 bits per heavy atom. The molecule has 3 aromatic rings. The first-order valence-corrected chi connectivity index (χ1v) is 12.5. The molecule has 0 saturated carbocycles. The maximum Gasteiger partial charge on any atom is 0.295 e. The number of amides is 1. The zero-order valence-corrected chi connectivity index (χ0v) is 22.2.